The predicted octanol–water partition coefficient (Wildman–Crippen LogP) is 2.66. The molecule has 0 amide bonds. The van der Waals surface area contributed by atoms with Crippen LogP contribution < -0.4 is 4.74 Å². The Hall–Kier alpha value is -1.53. The van der Waals surface area contributed by atoms with Crippen molar-refractivity contribution in [2.24, 2.45) is 0 Å². The molecule has 0 radical (unpaired) electrons. The van der Waals surface area contributed by atoms with E-state index < -0.39 is 0 Å². The highest BCUT2D eigenvalue weighted by molar-refractivity contribution is 9.10. The van der Waals surface area contributed by atoms with E-state index in [0.717, 1.165) is 0 Å². The van der Waals surface area contributed by atoms with Crippen LogP contribution in [0.1, 0.15) is 5.69 Å². The Kier molecular flexibility index (Phi) is 3.65. The summed E-state index contributed by atoms with van der Waals surface area (Å²) < 4.78 is 18.7. The molecule has 1 heterocycles. The van der Waals surface area contributed by atoms with Gasteiger partial charge in [0.1, 0.15) is 11.6 Å². The molecule has 0 aliphatic heterocycles. The van der Waals surface area contributed by atoms with E-state index in [1.54, 1.807) is 0 Å². The van der Waals surface area contributed by atoms with Gasteiger partial charge in [-0.1, -0.05) is 0 Å². The topological polar surface area (TPSA) is 55.2 Å². The van der Waals surface area contributed by atoms with Gasteiger partial charge in [0.2, 0.25) is 5.88 Å². The molecule has 1 aromatic carbocycles. The maximum Gasteiger partial charge on any atom is 0.237 e. The van der Waals surface area contributed by atoms with Crippen molar-refractivity contribution >= 4 is 15.9 Å². The summed E-state index contributed by atoms with van der Waals surface area (Å²) >= 11 is 3.18. The fourth-order valence-corrected chi connectivity index (χ4v) is 1.58. The number of halogens is 2. The minimum atomic E-state index is -0.356. The minimum absolute atomic E-state index is 0.173. The van der Waals surface area contributed by atoms with E-state index in [-0.39, 0.29) is 18.3 Å². The molecule has 6 heteroatoms. The Labute approximate surface area is 105 Å². The van der Waals surface area contributed by atoms with E-state index in [2.05, 4.69) is 25.9 Å². The third-order valence-electron chi connectivity index (χ3n) is 1.95. The number of aromatic nitrogens is 2. The van der Waals surface area contributed by atoms with Crippen molar-refractivity contribution < 1.29 is 14.2 Å². The van der Waals surface area contributed by atoms with Gasteiger partial charge in [0.25, 0.3) is 0 Å². The molecule has 1 aromatic heterocycles. The number of ether oxygens (including phenoxy) is 1. The lowest BCUT2D eigenvalue weighted by molar-refractivity contribution is 0.276. The van der Waals surface area contributed by atoms with Crippen LogP contribution in [0.15, 0.2) is 35.1 Å². The first kappa shape index (κ1) is 11.9. The quantitative estimate of drug-likeness (QED) is 0.946. The molecule has 4 nitrogen and oxygen atoms in total. The molecule has 1 N–H and O–H groups in total. The van der Waals surface area contributed by atoms with E-state index in [4.69, 9.17) is 9.84 Å². The molecule has 2 rings (SSSR count). The van der Waals surface area contributed by atoms with Gasteiger partial charge in [-0.05, 0) is 34.1 Å². The average molecular weight is 299 g/mol. The largest absolute Gasteiger partial charge is 0.436 e. The van der Waals surface area contributed by atoms with Crippen LogP contribution in [0.2, 0.25) is 0 Å². The zero-order valence-electron chi connectivity index (χ0n) is 8.60. The van der Waals surface area contributed by atoms with Crippen LogP contribution in [0.5, 0.6) is 11.6 Å². The summed E-state index contributed by atoms with van der Waals surface area (Å²) in [5.41, 5.74) is 0.454. The standard InChI is InChI=1S/C11H8BrFN2O2/c12-9-3-7(13)1-2-10(9)17-11-5-14-8(6-16)4-15-11/h1-5,16H,6H2. The van der Waals surface area contributed by atoms with Gasteiger partial charge in [0.05, 0.1) is 29.2 Å². The summed E-state index contributed by atoms with van der Waals surface area (Å²) in [6.45, 7) is -0.173. The molecule has 0 saturated heterocycles. The second-order valence-electron chi connectivity index (χ2n) is 3.18. The number of aliphatic hydroxyl groups excluding tert-OH is 1. The Morgan fingerprint density at radius 3 is 2.71 bits per heavy atom. The lowest BCUT2D eigenvalue weighted by Gasteiger charge is -2.06. The van der Waals surface area contributed by atoms with Gasteiger partial charge in [-0.2, -0.15) is 0 Å². The van der Waals surface area contributed by atoms with Crippen molar-refractivity contribution in [3.8, 4) is 11.6 Å². The van der Waals surface area contributed by atoms with Gasteiger partial charge in [-0.3, -0.25) is 4.98 Å². The summed E-state index contributed by atoms with van der Waals surface area (Å²) in [6.07, 6.45) is 2.80. The van der Waals surface area contributed by atoms with Gasteiger partial charge >= 0.3 is 0 Å². The summed E-state index contributed by atoms with van der Waals surface area (Å²) in [7, 11) is 0. The summed E-state index contributed by atoms with van der Waals surface area (Å²) in [6, 6.07) is 4.07. The lowest BCUT2D eigenvalue weighted by atomic mass is 10.3. The average Bonchev–Trinajstić information content (AvgIpc) is 2.34. The monoisotopic (exact) mass is 298 g/mol. The summed E-state index contributed by atoms with van der Waals surface area (Å²) in [4.78, 5) is 7.86. The highest BCUT2D eigenvalue weighted by Gasteiger charge is 2.05. The first-order valence-corrected chi connectivity index (χ1v) is 5.53. The van der Waals surface area contributed by atoms with Crippen molar-refractivity contribution in [3.05, 3.63) is 46.6 Å². The Balaban J connectivity index is 2.19. The smallest absolute Gasteiger partial charge is 0.237 e. The van der Waals surface area contributed by atoms with Gasteiger partial charge in [0.15, 0.2) is 0 Å². The third kappa shape index (κ3) is 2.98. The van der Waals surface area contributed by atoms with E-state index in [1.165, 1.54) is 30.6 Å². The second-order valence-corrected chi connectivity index (χ2v) is 4.04. The Morgan fingerprint density at radius 2 is 2.12 bits per heavy atom. The van der Waals surface area contributed by atoms with Crippen molar-refractivity contribution in [1.29, 1.82) is 0 Å². The van der Waals surface area contributed by atoms with Crippen molar-refractivity contribution in [3.63, 3.8) is 0 Å². The lowest BCUT2D eigenvalue weighted by Crippen LogP contribution is -1.94. The van der Waals surface area contributed by atoms with Crippen LogP contribution in [0, 0.1) is 5.82 Å². The van der Waals surface area contributed by atoms with Gasteiger partial charge in [-0.15, -0.1) is 0 Å². The molecular weight excluding hydrogens is 291 g/mol. The van der Waals surface area contributed by atoms with Crippen molar-refractivity contribution in [2.75, 3.05) is 0 Å². The first-order valence-electron chi connectivity index (χ1n) is 4.73. The molecule has 0 bridgehead atoms. The van der Waals surface area contributed by atoms with Gasteiger partial charge in [0, 0.05) is 0 Å². The number of aliphatic hydroxyl groups is 1. The van der Waals surface area contributed by atoms with E-state index in [1.807, 2.05) is 0 Å². The van der Waals surface area contributed by atoms with Crippen LogP contribution >= 0.6 is 15.9 Å². The van der Waals surface area contributed by atoms with E-state index in [0.29, 0.717) is 15.9 Å². The Morgan fingerprint density at radius 1 is 1.29 bits per heavy atom. The minimum Gasteiger partial charge on any atom is -0.436 e. The fraction of sp³-hybridized carbons (Fsp3) is 0.0909. The molecule has 0 spiro atoms. The molecule has 0 fully saturated rings. The van der Waals surface area contributed by atoms with Crippen molar-refractivity contribution in [1.82, 2.24) is 9.97 Å². The number of nitrogens with zero attached hydrogens (tertiary/aromatic N) is 2. The van der Waals surface area contributed by atoms with Gasteiger partial charge < -0.3 is 9.84 Å². The molecule has 0 aliphatic rings. The zero-order valence-corrected chi connectivity index (χ0v) is 10.2. The van der Waals surface area contributed by atoms with Crippen LogP contribution in [0.4, 0.5) is 4.39 Å². The van der Waals surface area contributed by atoms with Crippen LogP contribution in [-0.2, 0) is 6.61 Å². The second kappa shape index (κ2) is 5.20. The molecule has 2 aromatic rings. The number of hydrogen-bond acceptors (Lipinski definition) is 4. The first-order chi connectivity index (χ1) is 8.19. The fourth-order valence-electron chi connectivity index (χ4n) is 1.15. The molecule has 17 heavy (non-hydrogen) atoms. The summed E-state index contributed by atoms with van der Waals surface area (Å²) in [5, 5.41) is 8.80. The van der Waals surface area contributed by atoms with E-state index in [9.17, 15) is 4.39 Å². The summed E-state index contributed by atoms with van der Waals surface area (Å²) in [5.74, 6) is 0.359. The van der Waals surface area contributed by atoms with Gasteiger partial charge in [-0.25, -0.2) is 9.37 Å². The predicted molar refractivity (Wildman–Crippen MR) is 62.1 cm³/mol. The third-order valence-corrected chi connectivity index (χ3v) is 2.57. The Bertz CT molecular complexity index is 519. The van der Waals surface area contributed by atoms with E-state index >= 15 is 0 Å². The van der Waals surface area contributed by atoms with Crippen molar-refractivity contribution in [2.45, 2.75) is 6.61 Å². The van der Waals surface area contributed by atoms with Crippen LogP contribution in [0.25, 0.3) is 0 Å². The molecule has 0 atom stereocenters. The zero-order chi connectivity index (χ0) is 12.3. The molecular formula is C11H8BrFN2O2. The number of hydrogen-bond donors (Lipinski definition) is 1. The molecule has 0 saturated carbocycles. The number of rotatable bonds is 3. The molecule has 88 valence electrons. The maximum atomic E-state index is 12.8. The van der Waals surface area contributed by atoms with Crippen LogP contribution in [0.3, 0.4) is 0 Å². The normalized spacial score (nSPS) is 10.3. The highest BCUT2D eigenvalue weighted by Crippen LogP contribution is 2.28. The van der Waals surface area contributed by atoms with Crippen LogP contribution in [-0.4, -0.2) is 15.1 Å². The maximum absolute atomic E-state index is 12.8. The molecule has 0 aliphatic carbocycles. The number of benzene rings is 1. The molecule has 0 unspecified atom stereocenters. The highest BCUT2D eigenvalue weighted by atomic mass is 79.9. The SMILES string of the molecule is OCc1cnc(Oc2ccc(F)cc2Br)cn1.